The summed E-state index contributed by atoms with van der Waals surface area (Å²) in [6.07, 6.45) is 3.70. The largest absolute Gasteiger partial charge is 0.494 e. The Kier molecular flexibility index (Phi) is 6.71. The number of hydrogen-bond donors (Lipinski definition) is 1. The summed E-state index contributed by atoms with van der Waals surface area (Å²) in [5, 5.41) is 3.47. The number of nitrogens with one attached hydrogen (secondary N) is 1. The molecule has 1 aliphatic rings. The first-order chi connectivity index (χ1) is 10.6. The highest BCUT2D eigenvalue weighted by Crippen LogP contribution is 2.28. The summed E-state index contributed by atoms with van der Waals surface area (Å²) in [5.74, 6) is 1.06. The number of hydrogen-bond acceptors (Lipinski definition) is 3. The molecule has 0 atom stereocenters. The standard InChI is InChI=1S/C19H32N2O/c1-5-22-19-14-15(2)18(16(3)17(19)4)8-6-11-21-12-7-9-20-10-13-21/h14,20H,5-13H2,1-4H3. The summed E-state index contributed by atoms with van der Waals surface area (Å²) in [7, 11) is 0. The van der Waals surface area contributed by atoms with Crippen LogP contribution in [0.5, 0.6) is 5.75 Å². The molecule has 0 aromatic heterocycles. The summed E-state index contributed by atoms with van der Waals surface area (Å²) >= 11 is 0. The van der Waals surface area contributed by atoms with Crippen molar-refractivity contribution in [3.05, 3.63) is 28.3 Å². The van der Waals surface area contributed by atoms with Crippen molar-refractivity contribution < 1.29 is 4.74 Å². The van der Waals surface area contributed by atoms with Crippen molar-refractivity contribution in [2.75, 3.05) is 39.3 Å². The Balaban J connectivity index is 1.96. The van der Waals surface area contributed by atoms with E-state index in [-0.39, 0.29) is 0 Å². The summed E-state index contributed by atoms with van der Waals surface area (Å²) in [6.45, 7) is 15.4. The number of nitrogens with zero attached hydrogens (tertiary/aromatic N) is 1. The lowest BCUT2D eigenvalue weighted by Crippen LogP contribution is -2.29. The van der Waals surface area contributed by atoms with E-state index >= 15 is 0 Å². The molecule has 1 aliphatic heterocycles. The third-order valence-electron chi connectivity index (χ3n) is 4.84. The van der Waals surface area contributed by atoms with Crippen LogP contribution >= 0.6 is 0 Å². The zero-order chi connectivity index (χ0) is 15.9. The fourth-order valence-electron chi connectivity index (χ4n) is 3.39. The minimum Gasteiger partial charge on any atom is -0.494 e. The zero-order valence-corrected chi connectivity index (χ0v) is 14.8. The van der Waals surface area contributed by atoms with Gasteiger partial charge >= 0.3 is 0 Å². The maximum atomic E-state index is 5.75. The molecule has 1 fully saturated rings. The molecule has 1 saturated heterocycles. The second-order valence-electron chi connectivity index (χ2n) is 6.40. The average Bonchev–Trinajstić information content (AvgIpc) is 2.77. The van der Waals surface area contributed by atoms with Gasteiger partial charge in [0.1, 0.15) is 5.75 Å². The molecular formula is C19H32N2O. The van der Waals surface area contributed by atoms with E-state index in [4.69, 9.17) is 4.74 Å². The van der Waals surface area contributed by atoms with Gasteiger partial charge in [-0.25, -0.2) is 0 Å². The van der Waals surface area contributed by atoms with Gasteiger partial charge in [0.15, 0.2) is 0 Å². The molecule has 0 unspecified atom stereocenters. The van der Waals surface area contributed by atoms with Crippen LogP contribution in [0.2, 0.25) is 0 Å². The lowest BCUT2D eigenvalue weighted by atomic mass is 9.94. The van der Waals surface area contributed by atoms with Crippen LogP contribution in [0.15, 0.2) is 6.07 Å². The molecule has 1 aromatic carbocycles. The molecule has 0 spiro atoms. The Labute approximate surface area is 136 Å². The monoisotopic (exact) mass is 304 g/mol. The van der Waals surface area contributed by atoms with E-state index in [0.717, 1.165) is 18.9 Å². The highest BCUT2D eigenvalue weighted by Gasteiger charge is 2.12. The Hall–Kier alpha value is -1.06. The molecule has 0 aliphatic carbocycles. The number of rotatable bonds is 6. The van der Waals surface area contributed by atoms with Crippen molar-refractivity contribution in [3.63, 3.8) is 0 Å². The minimum absolute atomic E-state index is 0.738. The first kappa shape index (κ1) is 17.3. The van der Waals surface area contributed by atoms with Crippen LogP contribution in [0.4, 0.5) is 0 Å². The molecule has 3 nitrogen and oxygen atoms in total. The average molecular weight is 304 g/mol. The van der Waals surface area contributed by atoms with E-state index < -0.39 is 0 Å². The van der Waals surface area contributed by atoms with Gasteiger partial charge in [0.2, 0.25) is 0 Å². The number of ether oxygens (including phenoxy) is 1. The van der Waals surface area contributed by atoms with Gasteiger partial charge in [-0.3, -0.25) is 0 Å². The van der Waals surface area contributed by atoms with Crippen LogP contribution < -0.4 is 10.1 Å². The third kappa shape index (κ3) is 4.47. The smallest absolute Gasteiger partial charge is 0.122 e. The third-order valence-corrected chi connectivity index (χ3v) is 4.84. The minimum atomic E-state index is 0.738. The van der Waals surface area contributed by atoms with Gasteiger partial charge in [-0.15, -0.1) is 0 Å². The Morgan fingerprint density at radius 1 is 1.14 bits per heavy atom. The van der Waals surface area contributed by atoms with E-state index in [1.54, 1.807) is 0 Å². The van der Waals surface area contributed by atoms with E-state index in [1.165, 1.54) is 67.7 Å². The normalized spacial score (nSPS) is 16.5. The zero-order valence-electron chi connectivity index (χ0n) is 14.8. The topological polar surface area (TPSA) is 24.5 Å². The molecule has 0 saturated carbocycles. The van der Waals surface area contributed by atoms with Crippen LogP contribution in [0.1, 0.15) is 42.0 Å². The lowest BCUT2D eigenvalue weighted by molar-refractivity contribution is 0.289. The quantitative estimate of drug-likeness (QED) is 0.873. The molecule has 2 rings (SSSR count). The van der Waals surface area contributed by atoms with Gasteiger partial charge in [0.05, 0.1) is 6.61 Å². The van der Waals surface area contributed by atoms with Gasteiger partial charge in [-0.2, -0.15) is 0 Å². The van der Waals surface area contributed by atoms with E-state index in [1.807, 2.05) is 6.92 Å². The molecular weight excluding hydrogens is 272 g/mol. The van der Waals surface area contributed by atoms with Crippen LogP contribution in [0.25, 0.3) is 0 Å². The number of aryl methyl sites for hydroxylation is 1. The van der Waals surface area contributed by atoms with Crippen molar-refractivity contribution in [2.45, 2.75) is 47.0 Å². The summed E-state index contributed by atoms with van der Waals surface area (Å²) < 4.78 is 5.75. The van der Waals surface area contributed by atoms with Gasteiger partial charge in [-0.05, 0) is 94.9 Å². The maximum Gasteiger partial charge on any atom is 0.122 e. The van der Waals surface area contributed by atoms with Gasteiger partial charge in [0, 0.05) is 13.1 Å². The summed E-state index contributed by atoms with van der Waals surface area (Å²) in [4.78, 5) is 2.60. The Morgan fingerprint density at radius 2 is 1.95 bits per heavy atom. The molecule has 3 heteroatoms. The first-order valence-corrected chi connectivity index (χ1v) is 8.79. The van der Waals surface area contributed by atoms with Crippen molar-refractivity contribution in [3.8, 4) is 5.75 Å². The second-order valence-corrected chi connectivity index (χ2v) is 6.40. The molecule has 1 aromatic rings. The maximum absolute atomic E-state index is 5.75. The van der Waals surface area contributed by atoms with E-state index in [9.17, 15) is 0 Å². The van der Waals surface area contributed by atoms with Crippen LogP contribution in [0, 0.1) is 20.8 Å². The van der Waals surface area contributed by atoms with Crippen LogP contribution in [0.3, 0.4) is 0 Å². The molecule has 0 amide bonds. The van der Waals surface area contributed by atoms with E-state index in [2.05, 4.69) is 37.1 Å². The predicted octanol–water partition coefficient (Wildman–Crippen LogP) is 3.24. The predicted molar refractivity (Wildman–Crippen MR) is 94.1 cm³/mol. The van der Waals surface area contributed by atoms with Gasteiger partial charge in [0.25, 0.3) is 0 Å². The van der Waals surface area contributed by atoms with Gasteiger partial charge in [-0.1, -0.05) is 0 Å². The molecule has 1 heterocycles. The lowest BCUT2D eigenvalue weighted by Gasteiger charge is -2.21. The highest BCUT2D eigenvalue weighted by atomic mass is 16.5. The van der Waals surface area contributed by atoms with Crippen LogP contribution in [-0.4, -0.2) is 44.2 Å². The summed E-state index contributed by atoms with van der Waals surface area (Å²) in [6, 6.07) is 2.22. The van der Waals surface area contributed by atoms with E-state index in [0.29, 0.717) is 0 Å². The fraction of sp³-hybridized carbons (Fsp3) is 0.684. The Morgan fingerprint density at radius 3 is 2.73 bits per heavy atom. The molecule has 1 N–H and O–H groups in total. The van der Waals surface area contributed by atoms with Crippen molar-refractivity contribution in [1.29, 1.82) is 0 Å². The van der Waals surface area contributed by atoms with Crippen LogP contribution in [-0.2, 0) is 6.42 Å². The summed E-state index contributed by atoms with van der Waals surface area (Å²) in [5.41, 5.74) is 5.63. The number of benzene rings is 1. The van der Waals surface area contributed by atoms with Crippen molar-refractivity contribution in [1.82, 2.24) is 10.2 Å². The first-order valence-electron chi connectivity index (χ1n) is 8.79. The fourth-order valence-corrected chi connectivity index (χ4v) is 3.39. The second kappa shape index (κ2) is 8.54. The van der Waals surface area contributed by atoms with Crippen molar-refractivity contribution >= 4 is 0 Å². The SMILES string of the molecule is CCOc1cc(C)c(CCCN2CCCNCC2)c(C)c1C. The Bertz CT molecular complexity index is 477. The molecule has 124 valence electrons. The molecule has 0 radical (unpaired) electrons. The van der Waals surface area contributed by atoms with Gasteiger partial charge < -0.3 is 15.0 Å². The molecule has 0 bridgehead atoms. The van der Waals surface area contributed by atoms with Crippen molar-refractivity contribution in [2.24, 2.45) is 0 Å². The molecule has 22 heavy (non-hydrogen) atoms. The highest BCUT2D eigenvalue weighted by molar-refractivity contribution is 5.48.